The van der Waals surface area contributed by atoms with E-state index in [0.29, 0.717) is 11.3 Å². The van der Waals surface area contributed by atoms with E-state index in [0.717, 1.165) is 35.7 Å². The van der Waals surface area contributed by atoms with Crippen LogP contribution in [-0.4, -0.2) is 31.7 Å². The first-order chi connectivity index (χ1) is 13.3. The van der Waals surface area contributed by atoms with Crippen molar-refractivity contribution in [1.82, 2.24) is 4.31 Å². The van der Waals surface area contributed by atoms with E-state index in [4.69, 9.17) is 0 Å². The highest BCUT2D eigenvalue weighted by atomic mass is 79.9. The van der Waals surface area contributed by atoms with Crippen molar-refractivity contribution in [2.24, 2.45) is 0 Å². The van der Waals surface area contributed by atoms with E-state index in [1.54, 1.807) is 43.4 Å². The number of sulfonamides is 1. The minimum absolute atomic E-state index is 0.0677. The van der Waals surface area contributed by atoms with Crippen molar-refractivity contribution in [1.29, 1.82) is 0 Å². The van der Waals surface area contributed by atoms with Gasteiger partial charge in [0.2, 0.25) is 10.0 Å². The Morgan fingerprint density at radius 2 is 1.71 bits per heavy atom. The summed E-state index contributed by atoms with van der Waals surface area (Å²) in [6.45, 7) is 1.95. The van der Waals surface area contributed by atoms with E-state index < -0.39 is 10.0 Å². The zero-order valence-electron chi connectivity index (χ0n) is 16.1. The molecule has 7 heteroatoms. The van der Waals surface area contributed by atoms with Gasteiger partial charge in [-0.25, -0.2) is 8.42 Å². The van der Waals surface area contributed by atoms with Crippen molar-refractivity contribution in [3.8, 4) is 0 Å². The predicted octanol–water partition coefficient (Wildman–Crippen LogP) is 4.96. The van der Waals surface area contributed by atoms with Crippen LogP contribution < -0.4 is 5.32 Å². The highest BCUT2D eigenvalue weighted by Crippen LogP contribution is 2.27. The third-order valence-corrected chi connectivity index (χ3v) is 8.09. The van der Waals surface area contributed by atoms with Crippen LogP contribution in [0.25, 0.3) is 0 Å². The molecule has 0 atom stereocenters. The molecule has 0 spiro atoms. The van der Waals surface area contributed by atoms with Crippen molar-refractivity contribution in [3.63, 3.8) is 0 Å². The molecule has 2 aromatic carbocycles. The van der Waals surface area contributed by atoms with E-state index in [9.17, 15) is 13.2 Å². The van der Waals surface area contributed by atoms with Crippen molar-refractivity contribution < 1.29 is 13.2 Å². The van der Waals surface area contributed by atoms with Crippen LogP contribution in [0.5, 0.6) is 0 Å². The lowest BCUT2D eigenvalue weighted by Gasteiger charge is -2.30. The molecular weight excluding hydrogens is 440 g/mol. The quantitative estimate of drug-likeness (QED) is 0.679. The third kappa shape index (κ3) is 4.64. The predicted molar refractivity (Wildman–Crippen MR) is 115 cm³/mol. The summed E-state index contributed by atoms with van der Waals surface area (Å²) in [7, 11) is -1.87. The largest absolute Gasteiger partial charge is 0.322 e. The van der Waals surface area contributed by atoms with E-state index in [1.165, 1.54) is 10.7 Å². The average Bonchev–Trinajstić information content (AvgIpc) is 2.70. The number of hydrogen-bond acceptors (Lipinski definition) is 3. The minimum atomic E-state index is -3.53. The maximum Gasteiger partial charge on any atom is 0.255 e. The first-order valence-corrected chi connectivity index (χ1v) is 11.7. The molecule has 0 heterocycles. The summed E-state index contributed by atoms with van der Waals surface area (Å²) in [5.41, 5.74) is 2.14. The van der Waals surface area contributed by atoms with Crippen LogP contribution in [0.4, 0.5) is 5.69 Å². The molecule has 0 saturated heterocycles. The second-order valence-corrected chi connectivity index (χ2v) is 10.1. The van der Waals surface area contributed by atoms with Gasteiger partial charge in [0.25, 0.3) is 5.91 Å². The van der Waals surface area contributed by atoms with Crippen molar-refractivity contribution in [2.45, 2.75) is 50.0 Å². The second kappa shape index (κ2) is 8.76. The molecule has 2 aromatic rings. The average molecular weight is 465 g/mol. The standard InChI is InChI=1S/C21H25BrN2O3S/c1-15-8-9-16(14-20(15)22)21(25)23-17-10-12-19(13-11-17)28(26,27)24(2)18-6-4-3-5-7-18/h8-14,18H,3-7H2,1-2H3,(H,23,25). The molecule has 0 radical (unpaired) electrons. The molecule has 28 heavy (non-hydrogen) atoms. The van der Waals surface area contributed by atoms with E-state index in [-0.39, 0.29) is 16.8 Å². The summed E-state index contributed by atoms with van der Waals surface area (Å²) in [4.78, 5) is 12.7. The van der Waals surface area contributed by atoms with Crippen LogP contribution in [0.3, 0.4) is 0 Å². The van der Waals surface area contributed by atoms with E-state index >= 15 is 0 Å². The van der Waals surface area contributed by atoms with Gasteiger partial charge in [-0.3, -0.25) is 4.79 Å². The summed E-state index contributed by atoms with van der Waals surface area (Å²) in [5, 5.41) is 2.81. The van der Waals surface area contributed by atoms with Gasteiger partial charge in [-0.05, 0) is 61.7 Å². The Morgan fingerprint density at radius 1 is 1.07 bits per heavy atom. The van der Waals surface area contributed by atoms with Crippen LogP contribution >= 0.6 is 15.9 Å². The number of carbonyl (C=O) groups excluding carboxylic acids is 1. The van der Waals surface area contributed by atoms with Gasteiger partial charge < -0.3 is 5.32 Å². The number of carbonyl (C=O) groups is 1. The Morgan fingerprint density at radius 3 is 2.32 bits per heavy atom. The lowest BCUT2D eigenvalue weighted by molar-refractivity contribution is 0.102. The highest BCUT2D eigenvalue weighted by molar-refractivity contribution is 9.10. The number of aryl methyl sites for hydroxylation is 1. The smallest absolute Gasteiger partial charge is 0.255 e. The lowest BCUT2D eigenvalue weighted by Crippen LogP contribution is -2.38. The maximum absolute atomic E-state index is 12.9. The molecule has 1 fully saturated rings. The molecular formula is C21H25BrN2O3S. The van der Waals surface area contributed by atoms with Crippen molar-refractivity contribution >= 4 is 37.5 Å². The molecule has 1 aliphatic carbocycles. The van der Waals surface area contributed by atoms with Gasteiger partial charge in [0.05, 0.1) is 4.90 Å². The minimum Gasteiger partial charge on any atom is -0.322 e. The number of halogens is 1. The second-order valence-electron chi connectivity index (χ2n) is 7.26. The first kappa shape index (κ1) is 21.0. The Labute approximate surface area is 175 Å². The molecule has 150 valence electrons. The lowest BCUT2D eigenvalue weighted by atomic mass is 9.96. The molecule has 0 unspecified atom stereocenters. The zero-order valence-corrected chi connectivity index (χ0v) is 18.5. The molecule has 0 aromatic heterocycles. The molecule has 1 aliphatic rings. The Bertz CT molecular complexity index is 952. The van der Waals surface area contributed by atoms with Crippen molar-refractivity contribution in [2.75, 3.05) is 12.4 Å². The van der Waals surface area contributed by atoms with Crippen LogP contribution in [0.15, 0.2) is 51.8 Å². The summed E-state index contributed by atoms with van der Waals surface area (Å²) in [5.74, 6) is -0.240. The Kier molecular flexibility index (Phi) is 6.58. The summed E-state index contributed by atoms with van der Waals surface area (Å²) in [6.07, 6.45) is 5.15. The van der Waals surface area contributed by atoms with Gasteiger partial charge in [-0.2, -0.15) is 4.31 Å². The van der Waals surface area contributed by atoms with Gasteiger partial charge in [0.15, 0.2) is 0 Å². The summed E-state index contributed by atoms with van der Waals surface area (Å²) >= 11 is 3.43. The Balaban J connectivity index is 1.71. The number of benzene rings is 2. The monoisotopic (exact) mass is 464 g/mol. The first-order valence-electron chi connectivity index (χ1n) is 9.44. The number of hydrogen-bond donors (Lipinski definition) is 1. The fourth-order valence-electron chi connectivity index (χ4n) is 3.45. The number of amides is 1. The fourth-order valence-corrected chi connectivity index (χ4v) is 5.25. The molecule has 3 rings (SSSR count). The molecule has 1 N–H and O–H groups in total. The van der Waals surface area contributed by atoms with E-state index in [2.05, 4.69) is 21.2 Å². The molecule has 0 aliphatic heterocycles. The topological polar surface area (TPSA) is 66.5 Å². The normalized spacial score (nSPS) is 15.6. The number of nitrogens with zero attached hydrogens (tertiary/aromatic N) is 1. The molecule has 5 nitrogen and oxygen atoms in total. The zero-order chi connectivity index (χ0) is 20.3. The number of nitrogens with one attached hydrogen (secondary N) is 1. The van der Waals surface area contributed by atoms with Gasteiger partial charge in [-0.1, -0.05) is 41.3 Å². The molecule has 1 saturated carbocycles. The van der Waals surface area contributed by atoms with Crippen LogP contribution in [0, 0.1) is 6.92 Å². The molecule has 0 bridgehead atoms. The van der Waals surface area contributed by atoms with Crippen LogP contribution in [0.2, 0.25) is 0 Å². The van der Waals surface area contributed by atoms with Gasteiger partial charge in [0, 0.05) is 28.8 Å². The van der Waals surface area contributed by atoms with Crippen molar-refractivity contribution in [3.05, 3.63) is 58.1 Å². The summed E-state index contributed by atoms with van der Waals surface area (Å²) < 4.78 is 28.1. The van der Waals surface area contributed by atoms with Gasteiger partial charge in [0.1, 0.15) is 0 Å². The summed E-state index contributed by atoms with van der Waals surface area (Å²) in [6, 6.07) is 11.8. The third-order valence-electron chi connectivity index (χ3n) is 5.31. The van der Waals surface area contributed by atoms with Crippen LogP contribution in [-0.2, 0) is 10.0 Å². The number of anilines is 1. The Hall–Kier alpha value is -1.70. The fraction of sp³-hybridized carbons (Fsp3) is 0.381. The maximum atomic E-state index is 12.9. The highest BCUT2D eigenvalue weighted by Gasteiger charge is 2.28. The van der Waals surface area contributed by atoms with E-state index in [1.807, 2.05) is 13.0 Å². The van der Waals surface area contributed by atoms with Gasteiger partial charge >= 0.3 is 0 Å². The van der Waals surface area contributed by atoms with Crippen LogP contribution in [0.1, 0.15) is 48.0 Å². The van der Waals surface area contributed by atoms with Gasteiger partial charge in [-0.15, -0.1) is 0 Å². The number of rotatable bonds is 5. The SMILES string of the molecule is Cc1ccc(C(=O)Nc2ccc(S(=O)(=O)N(C)C3CCCCC3)cc2)cc1Br. The molecule has 1 amide bonds.